The van der Waals surface area contributed by atoms with E-state index in [-0.39, 0.29) is 23.0 Å². The highest BCUT2D eigenvalue weighted by Gasteiger charge is 2.51. The Morgan fingerprint density at radius 2 is 1.95 bits per heavy atom. The summed E-state index contributed by atoms with van der Waals surface area (Å²) in [4.78, 5) is 0. The normalized spacial score (nSPS) is 29.3. The summed E-state index contributed by atoms with van der Waals surface area (Å²) in [5, 5.41) is 3.54. The smallest absolute Gasteiger partial charge is 0.127 e. The third-order valence-electron chi connectivity index (χ3n) is 5.12. The maximum Gasteiger partial charge on any atom is 0.127 e. The molecule has 1 aromatic carbocycles. The van der Waals surface area contributed by atoms with E-state index in [0.29, 0.717) is 17.2 Å². The van der Waals surface area contributed by atoms with E-state index < -0.39 is 0 Å². The van der Waals surface area contributed by atoms with Crippen LogP contribution in [0.3, 0.4) is 0 Å². The molecule has 1 aliphatic carbocycles. The van der Waals surface area contributed by atoms with E-state index in [1.54, 1.807) is 6.92 Å². The van der Waals surface area contributed by atoms with Crippen LogP contribution in [0.25, 0.3) is 0 Å². The topological polar surface area (TPSA) is 12.0 Å². The summed E-state index contributed by atoms with van der Waals surface area (Å²) in [6.07, 6.45) is 2.95. The third-order valence-corrected chi connectivity index (χ3v) is 5.12. The lowest BCUT2D eigenvalue weighted by Gasteiger charge is -2.55. The van der Waals surface area contributed by atoms with Gasteiger partial charge in [0.2, 0.25) is 0 Å². The summed E-state index contributed by atoms with van der Waals surface area (Å²) in [5.41, 5.74) is 0.939. The van der Waals surface area contributed by atoms with Gasteiger partial charge in [-0.15, -0.1) is 0 Å². The van der Waals surface area contributed by atoms with Crippen molar-refractivity contribution in [2.45, 2.75) is 58.9 Å². The number of nitrogens with one attached hydrogen (secondary N) is 1. The second kappa shape index (κ2) is 5.80. The zero-order valence-electron chi connectivity index (χ0n) is 12.9. The van der Waals surface area contributed by atoms with Gasteiger partial charge in [0, 0.05) is 6.04 Å². The van der Waals surface area contributed by atoms with Crippen molar-refractivity contribution < 1.29 is 8.78 Å². The van der Waals surface area contributed by atoms with Gasteiger partial charge in [-0.05, 0) is 67.3 Å². The van der Waals surface area contributed by atoms with Gasteiger partial charge in [-0.25, -0.2) is 8.78 Å². The van der Waals surface area contributed by atoms with Crippen LogP contribution in [0, 0.1) is 24.0 Å². The van der Waals surface area contributed by atoms with Crippen molar-refractivity contribution in [3.8, 4) is 0 Å². The number of hydrogen-bond acceptors (Lipinski definition) is 1. The molecule has 0 aromatic heterocycles. The average Bonchev–Trinajstić information content (AvgIpc) is 2.42. The van der Waals surface area contributed by atoms with E-state index in [9.17, 15) is 8.78 Å². The lowest BCUT2D eigenvalue weighted by atomic mass is 9.54. The number of rotatable bonds is 5. The van der Waals surface area contributed by atoms with Gasteiger partial charge < -0.3 is 5.32 Å². The summed E-state index contributed by atoms with van der Waals surface area (Å²) in [7, 11) is 0. The monoisotopic (exact) mass is 281 g/mol. The largest absolute Gasteiger partial charge is 0.313 e. The number of aryl methyl sites for hydroxylation is 1. The molecule has 0 amide bonds. The molecule has 1 aliphatic rings. The molecule has 1 N–H and O–H groups in total. The summed E-state index contributed by atoms with van der Waals surface area (Å²) in [5.74, 6) is -0.454. The highest BCUT2D eigenvalue weighted by atomic mass is 19.1. The van der Waals surface area contributed by atoms with Crippen LogP contribution < -0.4 is 5.32 Å². The Morgan fingerprint density at radius 3 is 2.55 bits per heavy atom. The van der Waals surface area contributed by atoms with E-state index in [4.69, 9.17) is 0 Å². The van der Waals surface area contributed by atoms with Crippen LogP contribution in [0.15, 0.2) is 12.1 Å². The van der Waals surface area contributed by atoms with Crippen molar-refractivity contribution >= 4 is 0 Å². The van der Waals surface area contributed by atoms with Crippen molar-refractivity contribution in [1.29, 1.82) is 0 Å². The van der Waals surface area contributed by atoms with Gasteiger partial charge in [-0.2, -0.15) is 0 Å². The first-order valence-electron chi connectivity index (χ1n) is 7.63. The molecule has 0 heterocycles. The van der Waals surface area contributed by atoms with Crippen LogP contribution in [0.4, 0.5) is 8.78 Å². The maximum absolute atomic E-state index is 14.2. The molecule has 3 heteroatoms. The molecule has 1 fully saturated rings. The standard InChI is InChI=1S/C17H25F2N/c1-5-7-20-16-10-13(17(16,4)6-2)12-9-14(18)11(3)8-15(12)19/h8-9,13,16,20H,5-7,10H2,1-4H3. The minimum absolute atomic E-state index is 0.0116. The van der Waals surface area contributed by atoms with Gasteiger partial charge in [-0.1, -0.05) is 20.8 Å². The molecule has 112 valence electrons. The fraction of sp³-hybridized carbons (Fsp3) is 0.647. The minimum atomic E-state index is -0.301. The Balaban J connectivity index is 2.24. The maximum atomic E-state index is 14.2. The predicted molar refractivity (Wildman–Crippen MR) is 78.9 cm³/mol. The highest BCUT2D eigenvalue weighted by Crippen LogP contribution is 2.55. The molecular weight excluding hydrogens is 256 g/mol. The number of benzene rings is 1. The van der Waals surface area contributed by atoms with Crippen molar-refractivity contribution in [3.63, 3.8) is 0 Å². The molecule has 0 aliphatic heterocycles. The lowest BCUT2D eigenvalue weighted by Crippen LogP contribution is -2.57. The molecule has 0 bridgehead atoms. The Kier molecular flexibility index (Phi) is 4.48. The van der Waals surface area contributed by atoms with Crippen LogP contribution in [0.5, 0.6) is 0 Å². The minimum Gasteiger partial charge on any atom is -0.313 e. The first-order valence-corrected chi connectivity index (χ1v) is 7.63. The van der Waals surface area contributed by atoms with Crippen molar-refractivity contribution in [1.82, 2.24) is 5.32 Å². The summed E-state index contributed by atoms with van der Waals surface area (Å²) >= 11 is 0. The van der Waals surface area contributed by atoms with Crippen LogP contribution in [0.2, 0.25) is 0 Å². The quantitative estimate of drug-likeness (QED) is 0.835. The van der Waals surface area contributed by atoms with Gasteiger partial charge in [-0.3, -0.25) is 0 Å². The average molecular weight is 281 g/mol. The Bertz CT molecular complexity index is 486. The van der Waals surface area contributed by atoms with Gasteiger partial charge in [0.15, 0.2) is 0 Å². The molecule has 20 heavy (non-hydrogen) atoms. The van der Waals surface area contributed by atoms with Gasteiger partial charge in [0.05, 0.1) is 0 Å². The zero-order chi connectivity index (χ0) is 14.9. The Morgan fingerprint density at radius 1 is 1.25 bits per heavy atom. The van der Waals surface area contributed by atoms with Gasteiger partial charge in [0.1, 0.15) is 11.6 Å². The summed E-state index contributed by atoms with van der Waals surface area (Å²) in [6, 6.07) is 3.13. The van der Waals surface area contributed by atoms with E-state index in [0.717, 1.165) is 25.8 Å². The van der Waals surface area contributed by atoms with Crippen molar-refractivity contribution in [2.75, 3.05) is 6.54 Å². The molecular formula is C17H25F2N. The third kappa shape index (κ3) is 2.48. The molecule has 1 aromatic rings. The van der Waals surface area contributed by atoms with E-state index in [1.165, 1.54) is 12.1 Å². The SMILES string of the molecule is CCCNC1CC(c2cc(F)c(C)cc2F)C1(C)CC. The number of hydrogen-bond donors (Lipinski definition) is 1. The van der Waals surface area contributed by atoms with E-state index in [2.05, 4.69) is 26.1 Å². The second-order valence-corrected chi connectivity index (χ2v) is 6.28. The van der Waals surface area contributed by atoms with Crippen LogP contribution in [0.1, 0.15) is 57.1 Å². The molecule has 1 saturated carbocycles. The Hall–Kier alpha value is -0.960. The van der Waals surface area contributed by atoms with Crippen molar-refractivity contribution in [2.24, 2.45) is 5.41 Å². The molecule has 1 nitrogen and oxygen atoms in total. The first-order chi connectivity index (χ1) is 9.43. The number of halogens is 2. The van der Waals surface area contributed by atoms with Crippen LogP contribution >= 0.6 is 0 Å². The fourth-order valence-corrected chi connectivity index (χ4v) is 3.40. The second-order valence-electron chi connectivity index (χ2n) is 6.28. The van der Waals surface area contributed by atoms with Crippen LogP contribution in [-0.2, 0) is 0 Å². The molecule has 0 spiro atoms. The molecule has 0 saturated heterocycles. The molecule has 3 atom stereocenters. The van der Waals surface area contributed by atoms with Crippen LogP contribution in [-0.4, -0.2) is 12.6 Å². The van der Waals surface area contributed by atoms with Gasteiger partial charge in [0.25, 0.3) is 0 Å². The summed E-state index contributed by atoms with van der Waals surface area (Å²) in [6.45, 7) is 9.05. The Labute approximate surface area is 120 Å². The fourth-order valence-electron chi connectivity index (χ4n) is 3.40. The van der Waals surface area contributed by atoms with Crippen molar-refractivity contribution in [3.05, 3.63) is 34.9 Å². The van der Waals surface area contributed by atoms with E-state index >= 15 is 0 Å². The lowest BCUT2D eigenvalue weighted by molar-refractivity contribution is 0.0423. The molecule has 2 rings (SSSR count). The molecule has 3 unspecified atom stereocenters. The van der Waals surface area contributed by atoms with E-state index in [1.807, 2.05) is 0 Å². The molecule has 0 radical (unpaired) electrons. The summed E-state index contributed by atoms with van der Waals surface area (Å²) < 4.78 is 27.9. The highest BCUT2D eigenvalue weighted by molar-refractivity contribution is 5.33. The zero-order valence-corrected chi connectivity index (χ0v) is 12.9. The predicted octanol–water partition coefficient (Wildman–Crippen LogP) is 4.55. The van der Waals surface area contributed by atoms with Gasteiger partial charge >= 0.3 is 0 Å². The first kappa shape index (κ1) is 15.4.